The lowest BCUT2D eigenvalue weighted by molar-refractivity contribution is 0.00994. The van der Waals surface area contributed by atoms with Gasteiger partial charge in [-0.3, -0.25) is 4.68 Å². The molecule has 242 valence electrons. The van der Waals surface area contributed by atoms with Gasteiger partial charge in [-0.05, 0) is 72.8 Å². The van der Waals surface area contributed by atoms with Crippen LogP contribution < -0.4 is 5.32 Å². The van der Waals surface area contributed by atoms with Crippen LogP contribution in [0.3, 0.4) is 0 Å². The van der Waals surface area contributed by atoms with E-state index in [1.807, 2.05) is 76.9 Å². The highest BCUT2D eigenvalue weighted by molar-refractivity contribution is 5.69. The van der Waals surface area contributed by atoms with E-state index in [0.29, 0.717) is 57.8 Å². The lowest BCUT2D eigenvalue weighted by atomic mass is 9.94. The van der Waals surface area contributed by atoms with Crippen molar-refractivity contribution in [1.29, 1.82) is 0 Å². The van der Waals surface area contributed by atoms with Crippen molar-refractivity contribution in [2.75, 3.05) is 19.6 Å². The number of benzene rings is 1. The third kappa shape index (κ3) is 12.5. The van der Waals surface area contributed by atoms with Crippen LogP contribution in [0.5, 0.6) is 0 Å². The topological polar surface area (TPSA) is 106 Å². The normalized spacial score (nSPS) is 14.1. The fourth-order valence-corrected chi connectivity index (χ4v) is 5.16. The molecule has 1 heterocycles. The molecule has 44 heavy (non-hydrogen) atoms. The van der Waals surface area contributed by atoms with Gasteiger partial charge < -0.3 is 24.6 Å². The monoisotopic (exact) mass is 609 g/mol. The first kappa shape index (κ1) is 34.8. The van der Waals surface area contributed by atoms with Gasteiger partial charge in [-0.1, -0.05) is 48.7 Å². The lowest BCUT2D eigenvalue weighted by Gasteiger charge is -2.36. The predicted octanol–water partition coefficient (Wildman–Crippen LogP) is 6.71. The summed E-state index contributed by atoms with van der Waals surface area (Å²) in [4.78, 5) is 33.3. The molecule has 0 radical (unpaired) electrons. The highest BCUT2D eigenvalue weighted by atomic mass is 16.6. The van der Waals surface area contributed by atoms with Gasteiger partial charge in [0.1, 0.15) is 11.2 Å². The highest BCUT2D eigenvalue weighted by Gasteiger charge is 2.30. The number of aryl methyl sites for hydroxylation is 1. The van der Waals surface area contributed by atoms with Crippen molar-refractivity contribution in [3.63, 3.8) is 0 Å². The van der Waals surface area contributed by atoms with Crippen LogP contribution in [0.4, 0.5) is 15.3 Å². The fourth-order valence-electron chi connectivity index (χ4n) is 5.16. The largest absolute Gasteiger partial charge is 0.444 e. The second kappa shape index (κ2) is 16.4. The van der Waals surface area contributed by atoms with Crippen LogP contribution in [0, 0.1) is 6.57 Å². The molecule has 0 spiro atoms. The van der Waals surface area contributed by atoms with Crippen molar-refractivity contribution >= 4 is 17.9 Å². The van der Waals surface area contributed by atoms with Gasteiger partial charge in [-0.2, -0.15) is 0 Å². The fraction of sp³-hybridized carbons (Fsp3) is 0.667. The van der Waals surface area contributed by atoms with Gasteiger partial charge in [0, 0.05) is 51.5 Å². The number of nitrogens with one attached hydrogen (secondary N) is 1. The number of hydrogen-bond acceptors (Lipinski definition) is 7. The molecule has 1 aliphatic rings. The zero-order valence-electron chi connectivity index (χ0n) is 27.5. The molecule has 2 aromatic rings. The summed E-state index contributed by atoms with van der Waals surface area (Å²) in [6.07, 6.45) is 8.01. The number of carbonyl (C=O) groups excluding carboxylic acids is 2. The van der Waals surface area contributed by atoms with Crippen LogP contribution in [0.1, 0.15) is 97.7 Å². The summed E-state index contributed by atoms with van der Waals surface area (Å²) < 4.78 is 13.3. The van der Waals surface area contributed by atoms with Crippen molar-refractivity contribution in [3.05, 3.63) is 53.1 Å². The second-order valence-electron chi connectivity index (χ2n) is 13.5. The van der Waals surface area contributed by atoms with E-state index in [2.05, 4.69) is 20.5 Å². The zero-order valence-corrected chi connectivity index (χ0v) is 27.5. The third-order valence-electron chi connectivity index (χ3n) is 7.22. The summed E-state index contributed by atoms with van der Waals surface area (Å²) in [5.74, 6) is 0. The number of nitrogens with zero attached hydrogens (tertiary/aromatic N) is 6. The van der Waals surface area contributed by atoms with Gasteiger partial charge in [0.2, 0.25) is 0 Å². The number of carbonyl (C=O) groups is 2. The third-order valence-corrected chi connectivity index (χ3v) is 7.22. The maximum Gasteiger partial charge on any atom is 0.410 e. The molecule has 11 heteroatoms. The molecule has 1 fully saturated rings. The first-order chi connectivity index (χ1) is 20.8. The van der Waals surface area contributed by atoms with Gasteiger partial charge >= 0.3 is 12.2 Å². The first-order valence-electron chi connectivity index (χ1n) is 15.9. The van der Waals surface area contributed by atoms with Crippen LogP contribution in [0.15, 0.2) is 30.5 Å². The minimum Gasteiger partial charge on any atom is -0.444 e. The molecule has 1 aromatic heterocycles. The van der Waals surface area contributed by atoms with Crippen LogP contribution in [-0.2, 0) is 29.1 Å². The summed E-state index contributed by atoms with van der Waals surface area (Å²) in [5.41, 5.74) is 1.39. The van der Waals surface area contributed by atoms with E-state index < -0.39 is 11.2 Å². The van der Waals surface area contributed by atoms with E-state index in [1.165, 1.54) is 6.42 Å². The van der Waals surface area contributed by atoms with E-state index in [0.717, 1.165) is 36.9 Å². The molecule has 0 saturated heterocycles. The average Bonchev–Trinajstić information content (AvgIpc) is 3.40. The Morgan fingerprint density at radius 3 is 2.20 bits per heavy atom. The smallest absolute Gasteiger partial charge is 0.410 e. The molecule has 1 saturated carbocycles. The van der Waals surface area contributed by atoms with E-state index >= 15 is 0 Å². The maximum atomic E-state index is 13.1. The molecule has 0 unspecified atom stereocenters. The van der Waals surface area contributed by atoms with Crippen molar-refractivity contribution in [2.24, 2.45) is 0 Å². The molecule has 11 nitrogen and oxygen atoms in total. The number of ether oxygens (including phenoxy) is 2. The van der Waals surface area contributed by atoms with E-state index in [4.69, 9.17) is 16.0 Å². The van der Waals surface area contributed by atoms with Crippen LogP contribution in [-0.4, -0.2) is 73.9 Å². The van der Waals surface area contributed by atoms with E-state index in [-0.39, 0.29) is 18.2 Å². The molecule has 1 N–H and O–H groups in total. The van der Waals surface area contributed by atoms with E-state index in [1.54, 1.807) is 9.58 Å². The first-order valence-corrected chi connectivity index (χ1v) is 15.9. The van der Waals surface area contributed by atoms with Crippen molar-refractivity contribution in [2.45, 2.75) is 123 Å². The average molecular weight is 610 g/mol. The Hall–Kier alpha value is -3.65. The summed E-state index contributed by atoms with van der Waals surface area (Å²) in [5, 5.41) is 11.9. The van der Waals surface area contributed by atoms with Crippen molar-refractivity contribution in [1.82, 2.24) is 30.1 Å². The predicted molar refractivity (Wildman–Crippen MR) is 170 cm³/mol. The molecule has 3 rings (SSSR count). The number of rotatable bonds is 13. The molecule has 1 aromatic carbocycles. The van der Waals surface area contributed by atoms with Gasteiger partial charge in [-0.25, -0.2) is 14.4 Å². The summed E-state index contributed by atoms with van der Waals surface area (Å²) >= 11 is 0. The van der Waals surface area contributed by atoms with Crippen molar-refractivity contribution in [3.8, 4) is 0 Å². The molecule has 0 bridgehead atoms. The Bertz CT molecular complexity index is 1220. The van der Waals surface area contributed by atoms with Crippen molar-refractivity contribution < 1.29 is 19.1 Å². The molecular weight excluding hydrogens is 558 g/mol. The molecular formula is C33H51N7O4. The standard InChI is InChI=1S/C33H51N7O4/c1-32(2,3)43-30(41)38(20-12-22-40(29-13-9-8-10-14-29)31(42)44-33(4,5)6)19-11-21-39-25-28(36-37-39)24-35-23-26-15-17-27(34-7)18-16-26/h15-18,25,29,35H,8-14,19-24H2,1-6H3. The molecule has 0 atom stereocenters. The number of hydrogen-bond donors (Lipinski definition) is 1. The summed E-state index contributed by atoms with van der Waals surface area (Å²) in [7, 11) is 0. The Kier molecular flexibility index (Phi) is 13.0. The second-order valence-corrected chi connectivity index (χ2v) is 13.5. The van der Waals surface area contributed by atoms with E-state index in [9.17, 15) is 9.59 Å². The minimum atomic E-state index is -0.604. The Morgan fingerprint density at radius 1 is 0.932 bits per heavy atom. The maximum absolute atomic E-state index is 13.1. The zero-order chi connectivity index (χ0) is 32.2. The Labute approximate surface area is 263 Å². The van der Waals surface area contributed by atoms with Crippen LogP contribution in [0.2, 0.25) is 0 Å². The quantitative estimate of drug-likeness (QED) is 0.252. The number of amides is 2. The van der Waals surface area contributed by atoms with Gasteiger partial charge in [0.25, 0.3) is 0 Å². The van der Waals surface area contributed by atoms with Gasteiger partial charge in [0.15, 0.2) is 5.69 Å². The number of aromatic nitrogens is 3. The summed E-state index contributed by atoms with van der Waals surface area (Å²) in [6.45, 7) is 21.7. The van der Waals surface area contributed by atoms with Crippen LogP contribution >= 0.6 is 0 Å². The van der Waals surface area contributed by atoms with Gasteiger partial charge in [0.05, 0.1) is 12.3 Å². The molecule has 0 aliphatic heterocycles. The minimum absolute atomic E-state index is 0.176. The Morgan fingerprint density at radius 2 is 1.57 bits per heavy atom. The SMILES string of the molecule is [C-]#[N+]c1ccc(CNCc2cn(CCCN(CCCN(C(=O)OC(C)(C)C)C3CCCCC3)C(=O)OC(C)(C)C)nn2)cc1. The summed E-state index contributed by atoms with van der Waals surface area (Å²) in [6, 6.07) is 7.69. The van der Waals surface area contributed by atoms with Crippen LogP contribution in [0.25, 0.3) is 4.85 Å². The Balaban J connectivity index is 1.52. The highest BCUT2D eigenvalue weighted by Crippen LogP contribution is 2.25. The lowest BCUT2D eigenvalue weighted by Crippen LogP contribution is -2.46. The molecule has 1 aliphatic carbocycles. The van der Waals surface area contributed by atoms with Gasteiger partial charge in [-0.15, -0.1) is 5.10 Å². The molecule has 2 amide bonds.